The number of hydrogen-bond donors (Lipinski definition) is 0. The van der Waals surface area contributed by atoms with Gasteiger partial charge in [0.25, 0.3) is 0 Å². The van der Waals surface area contributed by atoms with E-state index in [4.69, 9.17) is 11.6 Å². The Morgan fingerprint density at radius 1 is 1.43 bits per heavy atom. The van der Waals surface area contributed by atoms with E-state index in [1.54, 1.807) is 17.6 Å². The molecular formula is C17H15ClN2S. The molecule has 1 aromatic carbocycles. The van der Waals surface area contributed by atoms with Gasteiger partial charge in [-0.2, -0.15) is 5.26 Å². The van der Waals surface area contributed by atoms with E-state index in [-0.39, 0.29) is 0 Å². The first-order valence-electron chi connectivity index (χ1n) is 7.02. The van der Waals surface area contributed by atoms with Gasteiger partial charge in [0.1, 0.15) is 11.1 Å². The van der Waals surface area contributed by atoms with Crippen LogP contribution in [-0.4, -0.2) is 6.21 Å². The van der Waals surface area contributed by atoms with Gasteiger partial charge in [-0.05, 0) is 36.8 Å². The van der Waals surface area contributed by atoms with Crippen molar-refractivity contribution < 1.29 is 0 Å². The molecule has 0 unspecified atom stereocenters. The second-order valence-corrected chi connectivity index (χ2v) is 6.91. The zero-order chi connectivity index (χ0) is 14.8. The van der Waals surface area contributed by atoms with Crippen molar-refractivity contribution in [2.45, 2.75) is 26.2 Å². The first-order chi connectivity index (χ1) is 10.2. The van der Waals surface area contributed by atoms with Gasteiger partial charge >= 0.3 is 0 Å². The summed E-state index contributed by atoms with van der Waals surface area (Å²) in [6, 6.07) is 9.92. The minimum atomic E-state index is 0.676. The number of aliphatic imine (C=N–C) groups is 1. The summed E-state index contributed by atoms with van der Waals surface area (Å²) in [5, 5.41) is 10.9. The van der Waals surface area contributed by atoms with Gasteiger partial charge < -0.3 is 0 Å². The SMILES string of the molecule is C[C@H]1CCc2c(sc(N=Cc3ccccc3Cl)c2C#N)C1. The highest BCUT2D eigenvalue weighted by Gasteiger charge is 2.23. The topological polar surface area (TPSA) is 36.1 Å². The van der Waals surface area contributed by atoms with Crippen LogP contribution in [0, 0.1) is 17.2 Å². The maximum atomic E-state index is 9.44. The highest BCUT2D eigenvalue weighted by atomic mass is 35.5. The van der Waals surface area contributed by atoms with Crippen LogP contribution in [0.1, 0.15) is 34.9 Å². The highest BCUT2D eigenvalue weighted by Crippen LogP contribution is 2.40. The predicted octanol–water partition coefficient (Wildman–Crippen LogP) is 5.15. The van der Waals surface area contributed by atoms with Crippen LogP contribution >= 0.6 is 22.9 Å². The van der Waals surface area contributed by atoms with Crippen molar-refractivity contribution >= 4 is 34.2 Å². The molecule has 0 spiro atoms. The van der Waals surface area contributed by atoms with Crippen molar-refractivity contribution in [2.24, 2.45) is 10.9 Å². The third-order valence-corrected chi connectivity index (χ3v) is 5.34. The summed E-state index contributed by atoms with van der Waals surface area (Å²) in [4.78, 5) is 5.85. The van der Waals surface area contributed by atoms with Crippen LogP contribution in [0.25, 0.3) is 0 Å². The first-order valence-corrected chi connectivity index (χ1v) is 8.21. The summed E-state index contributed by atoms with van der Waals surface area (Å²) in [6.45, 7) is 2.27. The molecule has 0 amide bonds. The smallest absolute Gasteiger partial charge is 0.134 e. The van der Waals surface area contributed by atoms with Crippen molar-refractivity contribution in [1.29, 1.82) is 5.26 Å². The summed E-state index contributed by atoms with van der Waals surface area (Å²) in [7, 11) is 0. The highest BCUT2D eigenvalue weighted by molar-refractivity contribution is 7.16. The number of thiophene rings is 1. The zero-order valence-corrected chi connectivity index (χ0v) is 13.3. The Balaban J connectivity index is 1.97. The Bertz CT molecular complexity index is 740. The molecule has 0 fully saturated rings. The fourth-order valence-corrected chi connectivity index (χ4v) is 4.14. The van der Waals surface area contributed by atoms with Crippen molar-refractivity contribution in [3.63, 3.8) is 0 Å². The van der Waals surface area contributed by atoms with E-state index in [2.05, 4.69) is 18.0 Å². The van der Waals surface area contributed by atoms with Crippen LogP contribution in [0.4, 0.5) is 5.00 Å². The Morgan fingerprint density at radius 3 is 3.00 bits per heavy atom. The second-order valence-electron chi connectivity index (χ2n) is 5.42. The summed E-state index contributed by atoms with van der Waals surface area (Å²) in [5.74, 6) is 0.697. The van der Waals surface area contributed by atoms with Gasteiger partial charge in [-0.25, -0.2) is 4.99 Å². The van der Waals surface area contributed by atoms with Crippen LogP contribution in [0.3, 0.4) is 0 Å². The van der Waals surface area contributed by atoms with E-state index in [0.29, 0.717) is 10.9 Å². The quantitative estimate of drug-likeness (QED) is 0.706. The van der Waals surface area contributed by atoms with Crippen molar-refractivity contribution in [3.05, 3.63) is 50.9 Å². The predicted molar refractivity (Wildman–Crippen MR) is 88.9 cm³/mol. The average molecular weight is 315 g/mol. The molecule has 2 aromatic rings. The minimum Gasteiger partial charge on any atom is -0.244 e. The minimum absolute atomic E-state index is 0.676. The standard InChI is InChI=1S/C17H15ClN2S/c1-11-6-7-13-14(9-19)17(21-16(13)8-11)20-10-12-4-2-3-5-15(12)18/h2-5,10-11H,6-8H2,1H3/t11-/m0/s1. The number of nitriles is 1. The molecule has 1 aromatic heterocycles. The summed E-state index contributed by atoms with van der Waals surface area (Å²) in [5.41, 5.74) is 2.85. The molecule has 1 heterocycles. The first kappa shape index (κ1) is 14.3. The Kier molecular flexibility index (Phi) is 4.10. The van der Waals surface area contributed by atoms with E-state index in [9.17, 15) is 5.26 Å². The molecule has 0 saturated carbocycles. The van der Waals surface area contributed by atoms with E-state index < -0.39 is 0 Å². The lowest BCUT2D eigenvalue weighted by molar-refractivity contribution is 0.507. The largest absolute Gasteiger partial charge is 0.244 e. The normalized spacial score (nSPS) is 17.7. The van der Waals surface area contributed by atoms with Gasteiger partial charge in [0, 0.05) is 21.7 Å². The lowest BCUT2D eigenvalue weighted by atomic mass is 9.89. The van der Waals surface area contributed by atoms with Crippen molar-refractivity contribution in [2.75, 3.05) is 0 Å². The molecule has 3 rings (SSSR count). The molecule has 1 aliphatic carbocycles. The van der Waals surface area contributed by atoms with Gasteiger partial charge in [-0.1, -0.05) is 36.7 Å². The Morgan fingerprint density at radius 2 is 2.24 bits per heavy atom. The van der Waals surface area contributed by atoms with Crippen LogP contribution < -0.4 is 0 Å². The molecule has 2 nitrogen and oxygen atoms in total. The van der Waals surface area contributed by atoms with Crippen LogP contribution in [0.2, 0.25) is 5.02 Å². The molecule has 106 valence electrons. The molecule has 0 N–H and O–H groups in total. The van der Waals surface area contributed by atoms with Crippen molar-refractivity contribution in [3.8, 4) is 6.07 Å². The number of benzene rings is 1. The fraction of sp³-hybridized carbons (Fsp3) is 0.294. The third kappa shape index (κ3) is 2.88. The molecule has 1 aliphatic rings. The monoisotopic (exact) mass is 314 g/mol. The Labute approximate surface area is 133 Å². The number of fused-ring (bicyclic) bond motifs is 1. The van der Waals surface area contributed by atoms with Gasteiger partial charge in [0.2, 0.25) is 0 Å². The molecular weight excluding hydrogens is 300 g/mol. The summed E-state index contributed by atoms with van der Waals surface area (Å²) >= 11 is 7.78. The summed E-state index contributed by atoms with van der Waals surface area (Å²) in [6.07, 6.45) is 4.98. The lowest BCUT2D eigenvalue weighted by Crippen LogP contribution is -2.09. The van der Waals surface area contributed by atoms with Gasteiger partial charge in [-0.15, -0.1) is 11.3 Å². The molecule has 4 heteroatoms. The average Bonchev–Trinajstić information content (AvgIpc) is 2.82. The van der Waals surface area contributed by atoms with Gasteiger partial charge in [-0.3, -0.25) is 0 Å². The van der Waals surface area contributed by atoms with Gasteiger partial charge in [0.15, 0.2) is 0 Å². The molecule has 0 bridgehead atoms. The van der Waals surface area contributed by atoms with Crippen LogP contribution in [-0.2, 0) is 12.8 Å². The van der Waals surface area contributed by atoms with Crippen molar-refractivity contribution in [1.82, 2.24) is 0 Å². The Hall–Kier alpha value is -1.63. The number of nitrogens with zero attached hydrogens (tertiary/aromatic N) is 2. The van der Waals surface area contributed by atoms with E-state index in [1.165, 1.54) is 10.4 Å². The lowest BCUT2D eigenvalue weighted by Gasteiger charge is -2.17. The third-order valence-electron chi connectivity index (χ3n) is 3.83. The number of rotatable bonds is 2. The summed E-state index contributed by atoms with van der Waals surface area (Å²) < 4.78 is 0. The maximum absolute atomic E-state index is 9.44. The maximum Gasteiger partial charge on any atom is 0.134 e. The molecule has 0 radical (unpaired) electrons. The van der Waals surface area contributed by atoms with E-state index in [0.717, 1.165) is 35.4 Å². The van der Waals surface area contributed by atoms with E-state index in [1.807, 2.05) is 24.3 Å². The van der Waals surface area contributed by atoms with Crippen LogP contribution in [0.5, 0.6) is 0 Å². The molecule has 1 atom stereocenters. The van der Waals surface area contributed by atoms with Gasteiger partial charge in [0.05, 0.1) is 5.56 Å². The molecule has 0 saturated heterocycles. The zero-order valence-electron chi connectivity index (χ0n) is 11.8. The molecule has 0 aliphatic heterocycles. The number of halogens is 1. The molecule has 21 heavy (non-hydrogen) atoms. The second kappa shape index (κ2) is 6.01. The van der Waals surface area contributed by atoms with Crippen LogP contribution in [0.15, 0.2) is 29.3 Å². The van der Waals surface area contributed by atoms with E-state index >= 15 is 0 Å². The number of hydrogen-bond acceptors (Lipinski definition) is 3. The fourth-order valence-electron chi connectivity index (χ4n) is 2.65.